The second-order valence-corrected chi connectivity index (χ2v) is 6.88. The second-order valence-electron chi connectivity index (χ2n) is 6.88. The molecular formula is C19H28N2O3. The zero-order chi connectivity index (χ0) is 17.0. The number of aliphatic hydroxyl groups is 1. The summed E-state index contributed by atoms with van der Waals surface area (Å²) in [6.45, 7) is 3.07. The van der Waals surface area contributed by atoms with Crippen molar-refractivity contribution >= 4 is 11.6 Å². The van der Waals surface area contributed by atoms with Crippen molar-refractivity contribution in [3.05, 3.63) is 29.8 Å². The molecule has 0 saturated heterocycles. The third kappa shape index (κ3) is 3.28. The monoisotopic (exact) mass is 332 g/mol. The van der Waals surface area contributed by atoms with E-state index >= 15 is 0 Å². The van der Waals surface area contributed by atoms with E-state index < -0.39 is 0 Å². The molecule has 0 aliphatic heterocycles. The van der Waals surface area contributed by atoms with Crippen LogP contribution in [-0.2, 0) is 4.74 Å². The van der Waals surface area contributed by atoms with E-state index in [2.05, 4.69) is 17.6 Å². The fourth-order valence-corrected chi connectivity index (χ4v) is 4.31. The molecule has 2 unspecified atom stereocenters. The van der Waals surface area contributed by atoms with E-state index in [9.17, 15) is 4.79 Å². The Morgan fingerprint density at radius 1 is 1.38 bits per heavy atom. The van der Waals surface area contributed by atoms with Crippen LogP contribution in [0.25, 0.3) is 0 Å². The van der Waals surface area contributed by atoms with Crippen LogP contribution in [0.15, 0.2) is 24.3 Å². The summed E-state index contributed by atoms with van der Waals surface area (Å²) in [5, 5.41) is 15.2. The number of benzene rings is 1. The average Bonchev–Trinajstić information content (AvgIpc) is 3.12. The van der Waals surface area contributed by atoms with Gasteiger partial charge in [-0.1, -0.05) is 18.9 Å². The van der Waals surface area contributed by atoms with Gasteiger partial charge < -0.3 is 20.5 Å². The summed E-state index contributed by atoms with van der Waals surface area (Å²) in [5.41, 5.74) is 1.87. The number of hydrogen-bond donors (Lipinski definition) is 3. The van der Waals surface area contributed by atoms with Crippen LogP contribution in [0.3, 0.4) is 0 Å². The number of rotatable bonds is 7. The largest absolute Gasteiger partial charge is 0.395 e. The minimum atomic E-state index is -0.149. The highest BCUT2D eigenvalue weighted by molar-refractivity contribution is 5.95. The number of nitrogens with one attached hydrogen (secondary N) is 2. The molecule has 0 aromatic heterocycles. The first-order chi connectivity index (χ1) is 11.7. The van der Waals surface area contributed by atoms with Gasteiger partial charge in [0.15, 0.2) is 0 Å². The van der Waals surface area contributed by atoms with Crippen molar-refractivity contribution in [2.24, 2.45) is 5.41 Å². The normalized spacial score (nSPS) is 24.6. The minimum Gasteiger partial charge on any atom is -0.395 e. The standard InChI is InChI=1S/C19H28N2O3/c1-2-24-17-13-16(19(17)8-3-4-9-19)21-15-7-5-6-14(12-15)18(23)20-10-11-22/h5-7,12,16-17,21-22H,2-4,8-11,13H2,1H3,(H,20,23). The Labute approximate surface area is 143 Å². The maximum absolute atomic E-state index is 12.0. The van der Waals surface area contributed by atoms with Crippen molar-refractivity contribution in [1.29, 1.82) is 0 Å². The lowest BCUT2D eigenvalue weighted by Gasteiger charge is -2.54. The number of carbonyl (C=O) groups is 1. The molecule has 2 atom stereocenters. The molecule has 2 saturated carbocycles. The summed E-state index contributed by atoms with van der Waals surface area (Å²) in [6.07, 6.45) is 6.43. The number of carbonyl (C=O) groups excluding carboxylic acids is 1. The number of hydrogen-bond acceptors (Lipinski definition) is 4. The lowest BCUT2D eigenvalue weighted by Crippen LogP contribution is -2.60. The quantitative estimate of drug-likeness (QED) is 0.718. The third-order valence-electron chi connectivity index (χ3n) is 5.55. The molecule has 1 amide bonds. The summed E-state index contributed by atoms with van der Waals surface area (Å²) >= 11 is 0. The van der Waals surface area contributed by atoms with Gasteiger partial charge in [0.05, 0.1) is 12.7 Å². The Hall–Kier alpha value is -1.59. The summed E-state index contributed by atoms with van der Waals surface area (Å²) < 4.78 is 5.96. The molecule has 1 aromatic carbocycles. The molecule has 24 heavy (non-hydrogen) atoms. The molecule has 0 radical (unpaired) electrons. The van der Waals surface area contributed by atoms with Gasteiger partial charge in [-0.05, 0) is 44.4 Å². The second kappa shape index (κ2) is 7.53. The first-order valence-corrected chi connectivity index (χ1v) is 9.07. The summed E-state index contributed by atoms with van der Waals surface area (Å²) in [6, 6.07) is 8.03. The van der Waals surface area contributed by atoms with Crippen LogP contribution in [0.4, 0.5) is 5.69 Å². The van der Waals surface area contributed by atoms with Gasteiger partial charge in [0.1, 0.15) is 0 Å². The molecule has 5 heteroatoms. The lowest BCUT2D eigenvalue weighted by molar-refractivity contribution is -0.114. The van der Waals surface area contributed by atoms with Crippen molar-refractivity contribution < 1.29 is 14.6 Å². The summed E-state index contributed by atoms with van der Waals surface area (Å²) in [7, 11) is 0. The van der Waals surface area contributed by atoms with Crippen molar-refractivity contribution in [2.75, 3.05) is 25.1 Å². The molecule has 132 valence electrons. The number of aliphatic hydroxyl groups excluding tert-OH is 1. The maximum atomic E-state index is 12.0. The molecule has 0 heterocycles. The molecule has 1 aromatic rings. The van der Waals surface area contributed by atoms with E-state index in [4.69, 9.17) is 9.84 Å². The van der Waals surface area contributed by atoms with Crippen LogP contribution in [-0.4, -0.2) is 42.9 Å². The summed E-state index contributed by atoms with van der Waals surface area (Å²) in [5.74, 6) is -0.149. The Bertz CT molecular complexity index is 569. The highest BCUT2D eigenvalue weighted by Crippen LogP contribution is 2.55. The number of amides is 1. The lowest BCUT2D eigenvalue weighted by atomic mass is 9.60. The van der Waals surface area contributed by atoms with Crippen LogP contribution in [0.2, 0.25) is 0 Å². The number of anilines is 1. The summed E-state index contributed by atoms with van der Waals surface area (Å²) in [4.78, 5) is 12.0. The van der Waals surface area contributed by atoms with Crippen LogP contribution in [0.1, 0.15) is 49.4 Å². The highest BCUT2D eigenvalue weighted by atomic mass is 16.5. The van der Waals surface area contributed by atoms with Gasteiger partial charge in [0.2, 0.25) is 0 Å². The van der Waals surface area contributed by atoms with Crippen LogP contribution in [0, 0.1) is 5.41 Å². The van der Waals surface area contributed by atoms with Gasteiger partial charge in [-0.25, -0.2) is 0 Å². The molecule has 1 spiro atoms. The van der Waals surface area contributed by atoms with E-state index in [1.807, 2.05) is 18.2 Å². The topological polar surface area (TPSA) is 70.6 Å². The van der Waals surface area contributed by atoms with Gasteiger partial charge in [-0.2, -0.15) is 0 Å². The minimum absolute atomic E-state index is 0.0485. The Morgan fingerprint density at radius 2 is 2.17 bits per heavy atom. The van der Waals surface area contributed by atoms with Crippen LogP contribution >= 0.6 is 0 Å². The molecular weight excluding hydrogens is 304 g/mol. The van der Waals surface area contributed by atoms with E-state index in [0.717, 1.165) is 18.7 Å². The van der Waals surface area contributed by atoms with Gasteiger partial charge in [-0.15, -0.1) is 0 Å². The van der Waals surface area contributed by atoms with Crippen molar-refractivity contribution in [2.45, 2.75) is 51.2 Å². The Balaban J connectivity index is 1.67. The molecule has 0 bridgehead atoms. The van der Waals surface area contributed by atoms with E-state index in [1.165, 1.54) is 25.7 Å². The average molecular weight is 332 g/mol. The van der Waals surface area contributed by atoms with Crippen molar-refractivity contribution in [3.8, 4) is 0 Å². The van der Waals surface area contributed by atoms with E-state index in [-0.39, 0.29) is 24.5 Å². The molecule has 2 aliphatic rings. The van der Waals surface area contributed by atoms with Crippen LogP contribution < -0.4 is 10.6 Å². The van der Waals surface area contributed by atoms with Gasteiger partial charge in [0.25, 0.3) is 5.91 Å². The Kier molecular flexibility index (Phi) is 5.41. The van der Waals surface area contributed by atoms with Gasteiger partial charge in [-0.3, -0.25) is 4.79 Å². The zero-order valence-corrected chi connectivity index (χ0v) is 14.4. The van der Waals surface area contributed by atoms with E-state index in [1.54, 1.807) is 6.07 Å². The van der Waals surface area contributed by atoms with Crippen molar-refractivity contribution in [3.63, 3.8) is 0 Å². The first-order valence-electron chi connectivity index (χ1n) is 9.07. The first kappa shape index (κ1) is 17.2. The zero-order valence-electron chi connectivity index (χ0n) is 14.4. The predicted molar refractivity (Wildman–Crippen MR) is 94.2 cm³/mol. The SMILES string of the molecule is CCOC1CC(Nc2cccc(C(=O)NCCO)c2)C12CCCC2. The number of ether oxygens (including phenoxy) is 1. The van der Waals surface area contributed by atoms with Crippen LogP contribution in [0.5, 0.6) is 0 Å². The molecule has 3 rings (SSSR count). The maximum Gasteiger partial charge on any atom is 0.251 e. The fraction of sp³-hybridized carbons (Fsp3) is 0.632. The Morgan fingerprint density at radius 3 is 2.88 bits per heavy atom. The van der Waals surface area contributed by atoms with E-state index in [0.29, 0.717) is 17.7 Å². The molecule has 5 nitrogen and oxygen atoms in total. The molecule has 2 aliphatic carbocycles. The highest BCUT2D eigenvalue weighted by Gasteiger charge is 2.56. The fourth-order valence-electron chi connectivity index (χ4n) is 4.31. The molecule has 3 N–H and O–H groups in total. The van der Waals surface area contributed by atoms with Gasteiger partial charge in [0, 0.05) is 35.9 Å². The van der Waals surface area contributed by atoms with Gasteiger partial charge >= 0.3 is 0 Å². The van der Waals surface area contributed by atoms with Crippen molar-refractivity contribution in [1.82, 2.24) is 5.32 Å². The molecule has 2 fully saturated rings. The third-order valence-corrected chi connectivity index (χ3v) is 5.55. The smallest absolute Gasteiger partial charge is 0.251 e. The predicted octanol–water partition coefficient (Wildman–Crippen LogP) is 2.56.